The van der Waals surface area contributed by atoms with Crippen molar-refractivity contribution in [2.45, 2.75) is 13.3 Å². The van der Waals surface area contributed by atoms with Crippen LogP contribution in [0, 0.1) is 21.4 Å². The highest BCUT2D eigenvalue weighted by atomic mass is 16.6. The lowest BCUT2D eigenvalue weighted by atomic mass is 9.99. The van der Waals surface area contributed by atoms with Gasteiger partial charge in [0.15, 0.2) is 6.29 Å². The van der Waals surface area contributed by atoms with Gasteiger partial charge in [-0.1, -0.05) is 6.07 Å². The number of benzene rings is 1. The number of carbonyl (C=O) groups is 2. The first-order valence-corrected chi connectivity index (χ1v) is 5.36. The van der Waals surface area contributed by atoms with E-state index in [1.165, 1.54) is 6.07 Å². The van der Waals surface area contributed by atoms with Gasteiger partial charge < -0.3 is 4.74 Å². The predicted molar refractivity (Wildman–Crippen MR) is 63.5 cm³/mol. The molecule has 0 fully saturated rings. The minimum Gasteiger partial charge on any atom is -0.466 e. The molecule has 1 aromatic rings. The molecule has 0 amide bonds. The van der Waals surface area contributed by atoms with Crippen LogP contribution < -0.4 is 0 Å². The number of hydrogen-bond donors (Lipinski definition) is 0. The Labute approximate surface area is 108 Å². The molecule has 1 rings (SSSR count). The molecular weight excluding hydrogens is 252 g/mol. The molecule has 98 valence electrons. The lowest BCUT2D eigenvalue weighted by Gasteiger charge is -2.06. The van der Waals surface area contributed by atoms with Gasteiger partial charge in [0.25, 0.3) is 5.69 Å². The maximum atomic E-state index is 11.3. The Morgan fingerprint density at radius 2 is 2.26 bits per heavy atom. The molecule has 0 unspecified atom stereocenters. The normalized spacial score (nSPS) is 9.47. The number of nitriles is 1. The second-order valence-electron chi connectivity index (χ2n) is 3.50. The number of rotatable bonds is 5. The highest BCUT2D eigenvalue weighted by molar-refractivity contribution is 5.87. The van der Waals surface area contributed by atoms with Crippen LogP contribution in [-0.2, 0) is 16.0 Å². The molecule has 0 saturated carbocycles. The average molecular weight is 262 g/mol. The Morgan fingerprint density at radius 1 is 1.58 bits per heavy atom. The second kappa shape index (κ2) is 6.26. The van der Waals surface area contributed by atoms with E-state index in [1.54, 1.807) is 13.0 Å². The fourth-order valence-electron chi connectivity index (χ4n) is 1.58. The Morgan fingerprint density at radius 3 is 2.74 bits per heavy atom. The average Bonchev–Trinajstić information content (AvgIpc) is 2.37. The first-order valence-electron chi connectivity index (χ1n) is 5.36. The van der Waals surface area contributed by atoms with Crippen LogP contribution >= 0.6 is 0 Å². The lowest BCUT2D eigenvalue weighted by Crippen LogP contribution is -2.10. The van der Waals surface area contributed by atoms with Crippen LogP contribution in [-0.4, -0.2) is 23.8 Å². The predicted octanol–water partition coefficient (Wildman–Crippen LogP) is 1.38. The smallest absolute Gasteiger partial charge is 0.310 e. The summed E-state index contributed by atoms with van der Waals surface area (Å²) in [4.78, 5) is 32.2. The van der Waals surface area contributed by atoms with E-state index >= 15 is 0 Å². The van der Waals surface area contributed by atoms with Gasteiger partial charge in [-0.3, -0.25) is 19.7 Å². The van der Waals surface area contributed by atoms with Gasteiger partial charge in [0.1, 0.15) is 11.6 Å². The molecule has 0 heterocycles. The molecule has 0 saturated heterocycles. The van der Waals surface area contributed by atoms with Crippen molar-refractivity contribution in [3.63, 3.8) is 0 Å². The van der Waals surface area contributed by atoms with Crippen molar-refractivity contribution in [2.24, 2.45) is 0 Å². The van der Waals surface area contributed by atoms with E-state index < -0.39 is 16.6 Å². The molecule has 0 N–H and O–H groups in total. The van der Waals surface area contributed by atoms with Crippen LogP contribution in [0.2, 0.25) is 0 Å². The third kappa shape index (κ3) is 3.13. The first-order chi connectivity index (χ1) is 9.04. The van der Waals surface area contributed by atoms with Crippen molar-refractivity contribution >= 4 is 17.9 Å². The topological polar surface area (TPSA) is 110 Å². The Kier molecular flexibility index (Phi) is 4.71. The Bertz CT molecular complexity index is 574. The number of esters is 1. The zero-order valence-corrected chi connectivity index (χ0v) is 10.1. The molecular formula is C12H10N2O5. The maximum absolute atomic E-state index is 11.3. The molecule has 19 heavy (non-hydrogen) atoms. The van der Waals surface area contributed by atoms with Crippen LogP contribution in [0.1, 0.15) is 28.4 Å². The van der Waals surface area contributed by atoms with E-state index in [9.17, 15) is 19.7 Å². The van der Waals surface area contributed by atoms with Gasteiger partial charge in [0.2, 0.25) is 0 Å². The van der Waals surface area contributed by atoms with E-state index in [-0.39, 0.29) is 36.0 Å². The monoisotopic (exact) mass is 262 g/mol. The van der Waals surface area contributed by atoms with Crippen LogP contribution in [0.3, 0.4) is 0 Å². The van der Waals surface area contributed by atoms with E-state index in [0.29, 0.717) is 0 Å². The highest BCUT2D eigenvalue weighted by Gasteiger charge is 2.21. The summed E-state index contributed by atoms with van der Waals surface area (Å²) in [6.45, 7) is 1.82. The summed E-state index contributed by atoms with van der Waals surface area (Å²) in [5.74, 6) is -0.565. The molecule has 0 aliphatic heterocycles. The van der Waals surface area contributed by atoms with Gasteiger partial charge in [0.05, 0.1) is 23.5 Å². The zero-order valence-electron chi connectivity index (χ0n) is 10.1. The van der Waals surface area contributed by atoms with Crippen LogP contribution in [0.5, 0.6) is 0 Å². The highest BCUT2D eigenvalue weighted by Crippen LogP contribution is 2.24. The Hall–Kier alpha value is -2.75. The van der Waals surface area contributed by atoms with Crippen molar-refractivity contribution in [1.29, 1.82) is 5.26 Å². The van der Waals surface area contributed by atoms with Gasteiger partial charge in [-0.2, -0.15) is 5.26 Å². The quantitative estimate of drug-likeness (QED) is 0.343. The van der Waals surface area contributed by atoms with Crippen LogP contribution in [0.15, 0.2) is 12.1 Å². The van der Waals surface area contributed by atoms with Gasteiger partial charge in [-0.05, 0) is 12.5 Å². The summed E-state index contributed by atoms with van der Waals surface area (Å²) >= 11 is 0. The van der Waals surface area contributed by atoms with Crippen molar-refractivity contribution < 1.29 is 19.2 Å². The van der Waals surface area contributed by atoms with E-state index in [4.69, 9.17) is 10.00 Å². The number of carbonyl (C=O) groups excluding carboxylic acids is 2. The fraction of sp³-hybridized carbons (Fsp3) is 0.250. The lowest BCUT2D eigenvalue weighted by molar-refractivity contribution is -0.385. The van der Waals surface area contributed by atoms with E-state index in [0.717, 1.165) is 6.07 Å². The van der Waals surface area contributed by atoms with Crippen molar-refractivity contribution in [3.05, 3.63) is 38.9 Å². The summed E-state index contributed by atoms with van der Waals surface area (Å²) in [5, 5.41) is 19.7. The molecule has 0 aliphatic carbocycles. The van der Waals surface area contributed by atoms with Gasteiger partial charge in [-0.15, -0.1) is 0 Å². The second-order valence-corrected chi connectivity index (χ2v) is 3.50. The molecule has 0 atom stereocenters. The summed E-state index contributed by atoms with van der Waals surface area (Å²) in [5.41, 5.74) is -0.723. The molecule has 0 bridgehead atoms. The van der Waals surface area contributed by atoms with Crippen molar-refractivity contribution in [2.75, 3.05) is 6.61 Å². The minimum atomic E-state index is -0.751. The third-order valence-corrected chi connectivity index (χ3v) is 2.38. The first kappa shape index (κ1) is 14.3. The SMILES string of the molecule is CCOC(=O)Cc1ccc([N+](=O)[O-])c(C=O)c1C#N. The largest absolute Gasteiger partial charge is 0.466 e. The molecule has 0 radical (unpaired) electrons. The van der Waals surface area contributed by atoms with Crippen molar-refractivity contribution in [1.82, 2.24) is 0 Å². The number of nitrogens with zero attached hydrogens (tertiary/aromatic N) is 2. The van der Waals surface area contributed by atoms with Gasteiger partial charge in [0, 0.05) is 6.07 Å². The molecule has 0 aromatic heterocycles. The van der Waals surface area contributed by atoms with E-state index in [1.807, 2.05) is 0 Å². The molecule has 7 heteroatoms. The summed E-state index contributed by atoms with van der Waals surface area (Å²) in [6, 6.07) is 4.09. The summed E-state index contributed by atoms with van der Waals surface area (Å²) in [6.07, 6.45) is 0.0287. The number of nitro groups is 1. The minimum absolute atomic E-state index is 0.169. The Balaban J connectivity index is 3.29. The third-order valence-electron chi connectivity index (χ3n) is 2.38. The summed E-state index contributed by atoms with van der Waals surface area (Å²) < 4.78 is 4.73. The van der Waals surface area contributed by atoms with Gasteiger partial charge >= 0.3 is 5.97 Å². The number of hydrogen-bond acceptors (Lipinski definition) is 6. The number of nitro benzene ring substituents is 1. The zero-order chi connectivity index (χ0) is 14.4. The summed E-state index contributed by atoms with van der Waals surface area (Å²) in [7, 11) is 0. The van der Waals surface area contributed by atoms with E-state index in [2.05, 4.69) is 0 Å². The van der Waals surface area contributed by atoms with Crippen molar-refractivity contribution in [3.8, 4) is 6.07 Å². The number of aldehydes is 1. The standard InChI is InChI=1S/C12H10N2O5/c1-2-19-12(16)5-8-3-4-11(14(17)18)10(7-15)9(8)6-13/h3-4,7H,2,5H2,1H3. The fourth-order valence-corrected chi connectivity index (χ4v) is 1.58. The molecule has 0 aliphatic rings. The van der Waals surface area contributed by atoms with Crippen LogP contribution in [0.25, 0.3) is 0 Å². The molecule has 0 spiro atoms. The molecule has 7 nitrogen and oxygen atoms in total. The van der Waals surface area contributed by atoms with Crippen LogP contribution in [0.4, 0.5) is 5.69 Å². The van der Waals surface area contributed by atoms with Gasteiger partial charge in [-0.25, -0.2) is 0 Å². The maximum Gasteiger partial charge on any atom is 0.310 e. The molecule has 1 aromatic carbocycles. The number of ether oxygens (including phenoxy) is 1.